The summed E-state index contributed by atoms with van der Waals surface area (Å²) in [5.41, 5.74) is 4.22. The van der Waals surface area contributed by atoms with Gasteiger partial charge in [0.1, 0.15) is 0 Å². The van der Waals surface area contributed by atoms with Gasteiger partial charge in [-0.3, -0.25) is 4.79 Å². The van der Waals surface area contributed by atoms with Crippen LogP contribution in [0.25, 0.3) is 0 Å². The van der Waals surface area contributed by atoms with Gasteiger partial charge >= 0.3 is 0 Å². The van der Waals surface area contributed by atoms with Gasteiger partial charge in [-0.1, -0.05) is 42.0 Å². The molecule has 1 amide bonds. The second-order valence-corrected chi connectivity index (χ2v) is 6.43. The summed E-state index contributed by atoms with van der Waals surface area (Å²) in [5, 5.41) is 6.60. The summed E-state index contributed by atoms with van der Waals surface area (Å²) in [6.45, 7) is 6.21. The Balaban J connectivity index is 1.97. The smallest absolute Gasteiger partial charge is 0.253 e. The molecule has 2 aromatic carbocycles. The molecule has 2 rings (SSSR count). The van der Waals surface area contributed by atoms with E-state index in [1.165, 1.54) is 11.1 Å². The van der Waals surface area contributed by atoms with Gasteiger partial charge in [-0.2, -0.15) is 0 Å². The third-order valence-electron chi connectivity index (χ3n) is 3.91. The van der Waals surface area contributed by atoms with Crippen LogP contribution in [0.3, 0.4) is 0 Å². The molecular formula is C21H28N4O. The molecule has 0 radical (unpaired) electrons. The monoisotopic (exact) mass is 352 g/mol. The van der Waals surface area contributed by atoms with E-state index < -0.39 is 0 Å². The van der Waals surface area contributed by atoms with Crippen molar-refractivity contribution in [3.05, 3.63) is 70.8 Å². The van der Waals surface area contributed by atoms with Crippen LogP contribution in [0.4, 0.5) is 0 Å². The van der Waals surface area contributed by atoms with Gasteiger partial charge in [-0.05, 0) is 37.1 Å². The molecule has 0 aliphatic carbocycles. The molecule has 138 valence electrons. The first-order valence-corrected chi connectivity index (χ1v) is 8.88. The number of carbonyl (C=O) groups excluding carboxylic acids is 1. The zero-order valence-electron chi connectivity index (χ0n) is 16.0. The third-order valence-corrected chi connectivity index (χ3v) is 3.91. The lowest BCUT2D eigenvalue weighted by molar-refractivity contribution is 0.0827. The van der Waals surface area contributed by atoms with Crippen molar-refractivity contribution >= 4 is 11.9 Å². The van der Waals surface area contributed by atoms with E-state index in [0.29, 0.717) is 18.7 Å². The zero-order chi connectivity index (χ0) is 18.9. The minimum Gasteiger partial charge on any atom is -0.357 e. The van der Waals surface area contributed by atoms with E-state index in [9.17, 15) is 4.79 Å². The molecule has 0 bridgehead atoms. The topological polar surface area (TPSA) is 56.7 Å². The molecule has 0 aliphatic rings. The first-order chi connectivity index (χ1) is 12.5. The van der Waals surface area contributed by atoms with Gasteiger partial charge in [0.05, 0.1) is 6.54 Å². The molecular weight excluding hydrogens is 324 g/mol. The van der Waals surface area contributed by atoms with E-state index in [0.717, 1.165) is 18.1 Å². The van der Waals surface area contributed by atoms with Crippen molar-refractivity contribution in [2.75, 3.05) is 20.6 Å². The molecule has 0 saturated heterocycles. The van der Waals surface area contributed by atoms with Gasteiger partial charge < -0.3 is 15.5 Å². The highest BCUT2D eigenvalue weighted by molar-refractivity contribution is 5.93. The van der Waals surface area contributed by atoms with Crippen LogP contribution < -0.4 is 10.6 Å². The number of aliphatic imine (C=N–C) groups is 1. The fourth-order valence-corrected chi connectivity index (χ4v) is 2.53. The number of nitrogens with zero attached hydrogens (tertiary/aromatic N) is 2. The summed E-state index contributed by atoms with van der Waals surface area (Å²) in [6, 6.07) is 16.0. The molecule has 2 aromatic rings. The van der Waals surface area contributed by atoms with Gasteiger partial charge in [0.15, 0.2) is 5.96 Å². The maximum atomic E-state index is 11.9. The SMILES string of the molecule is CCNC(=NCc1cccc(C)c1)NCc1ccc(C(=O)N(C)C)cc1. The van der Waals surface area contributed by atoms with E-state index >= 15 is 0 Å². The fourth-order valence-electron chi connectivity index (χ4n) is 2.53. The molecule has 0 unspecified atom stereocenters. The number of nitrogens with one attached hydrogen (secondary N) is 2. The van der Waals surface area contributed by atoms with Crippen molar-refractivity contribution in [3.63, 3.8) is 0 Å². The Bertz CT molecular complexity index is 751. The van der Waals surface area contributed by atoms with Crippen molar-refractivity contribution in [1.82, 2.24) is 15.5 Å². The molecule has 0 atom stereocenters. The van der Waals surface area contributed by atoms with Crippen molar-refractivity contribution in [3.8, 4) is 0 Å². The van der Waals surface area contributed by atoms with Crippen molar-refractivity contribution in [2.45, 2.75) is 26.9 Å². The summed E-state index contributed by atoms with van der Waals surface area (Å²) in [5.74, 6) is 0.792. The van der Waals surface area contributed by atoms with Crippen molar-refractivity contribution in [1.29, 1.82) is 0 Å². The molecule has 0 aliphatic heterocycles. The van der Waals surface area contributed by atoms with Crippen LogP contribution in [0.2, 0.25) is 0 Å². The Hall–Kier alpha value is -2.82. The molecule has 0 aromatic heterocycles. The summed E-state index contributed by atoms with van der Waals surface area (Å²) in [6.07, 6.45) is 0. The lowest BCUT2D eigenvalue weighted by Gasteiger charge is -2.13. The largest absolute Gasteiger partial charge is 0.357 e. The molecule has 0 fully saturated rings. The molecule has 26 heavy (non-hydrogen) atoms. The Morgan fingerprint density at radius 3 is 2.38 bits per heavy atom. The Morgan fingerprint density at radius 2 is 1.77 bits per heavy atom. The average Bonchev–Trinajstić information content (AvgIpc) is 2.64. The second kappa shape index (κ2) is 9.61. The maximum Gasteiger partial charge on any atom is 0.253 e. The van der Waals surface area contributed by atoms with Crippen LogP contribution in [0, 0.1) is 6.92 Å². The van der Waals surface area contributed by atoms with Gasteiger partial charge in [0, 0.05) is 32.7 Å². The lowest BCUT2D eigenvalue weighted by atomic mass is 10.1. The second-order valence-electron chi connectivity index (χ2n) is 6.43. The number of hydrogen-bond acceptors (Lipinski definition) is 2. The van der Waals surface area contributed by atoms with Crippen LogP contribution in [0.1, 0.15) is 34.0 Å². The first-order valence-electron chi connectivity index (χ1n) is 8.88. The minimum atomic E-state index is 0.0116. The minimum absolute atomic E-state index is 0.0116. The van der Waals surface area contributed by atoms with Gasteiger partial charge in [-0.25, -0.2) is 4.99 Å². The Morgan fingerprint density at radius 1 is 1.04 bits per heavy atom. The number of aryl methyl sites for hydroxylation is 1. The van der Waals surface area contributed by atoms with Crippen LogP contribution in [0.15, 0.2) is 53.5 Å². The van der Waals surface area contributed by atoms with Crippen molar-refractivity contribution < 1.29 is 4.79 Å². The predicted molar refractivity (Wildman–Crippen MR) is 107 cm³/mol. The lowest BCUT2D eigenvalue weighted by Crippen LogP contribution is -2.36. The number of guanidine groups is 1. The van der Waals surface area contributed by atoms with Gasteiger partial charge in [0.25, 0.3) is 5.91 Å². The molecule has 5 heteroatoms. The van der Waals surface area contributed by atoms with E-state index in [-0.39, 0.29) is 5.91 Å². The molecule has 2 N–H and O–H groups in total. The summed E-state index contributed by atoms with van der Waals surface area (Å²) in [7, 11) is 3.51. The zero-order valence-corrected chi connectivity index (χ0v) is 16.0. The van der Waals surface area contributed by atoms with Crippen LogP contribution >= 0.6 is 0 Å². The number of carbonyl (C=O) groups is 1. The van der Waals surface area contributed by atoms with E-state index in [2.05, 4.69) is 46.8 Å². The summed E-state index contributed by atoms with van der Waals surface area (Å²) in [4.78, 5) is 18.2. The normalized spacial score (nSPS) is 11.2. The van der Waals surface area contributed by atoms with Crippen LogP contribution in [0.5, 0.6) is 0 Å². The number of amides is 1. The maximum absolute atomic E-state index is 11.9. The highest BCUT2D eigenvalue weighted by Crippen LogP contribution is 2.07. The Kier molecular flexibility index (Phi) is 7.21. The van der Waals surface area contributed by atoms with Crippen molar-refractivity contribution in [2.24, 2.45) is 4.99 Å². The standard InChI is InChI=1S/C21H28N4O/c1-5-22-21(24-15-18-8-6-7-16(2)13-18)23-14-17-9-11-19(12-10-17)20(26)25(3)4/h6-13H,5,14-15H2,1-4H3,(H2,22,23,24). The Labute approximate surface area is 156 Å². The van der Waals surface area contributed by atoms with Crippen LogP contribution in [-0.2, 0) is 13.1 Å². The van der Waals surface area contributed by atoms with E-state index in [1.54, 1.807) is 19.0 Å². The molecule has 0 spiro atoms. The summed E-state index contributed by atoms with van der Waals surface area (Å²) < 4.78 is 0. The predicted octanol–water partition coefficient (Wildman–Crippen LogP) is 2.95. The molecule has 5 nitrogen and oxygen atoms in total. The number of benzene rings is 2. The van der Waals surface area contributed by atoms with Crippen LogP contribution in [-0.4, -0.2) is 37.4 Å². The quantitative estimate of drug-likeness (QED) is 0.621. The highest BCUT2D eigenvalue weighted by Gasteiger charge is 2.07. The van der Waals surface area contributed by atoms with Gasteiger partial charge in [-0.15, -0.1) is 0 Å². The summed E-state index contributed by atoms with van der Waals surface area (Å²) >= 11 is 0. The van der Waals surface area contributed by atoms with Gasteiger partial charge in [0.2, 0.25) is 0 Å². The number of hydrogen-bond donors (Lipinski definition) is 2. The van der Waals surface area contributed by atoms with E-state index in [4.69, 9.17) is 0 Å². The van der Waals surface area contributed by atoms with E-state index in [1.807, 2.05) is 31.2 Å². The third kappa shape index (κ3) is 5.92. The molecule has 0 saturated carbocycles. The first kappa shape index (κ1) is 19.5. The highest BCUT2D eigenvalue weighted by atomic mass is 16.2. The fraction of sp³-hybridized carbons (Fsp3) is 0.333. The molecule has 0 heterocycles. The number of rotatable bonds is 6. The average molecular weight is 352 g/mol.